The van der Waals surface area contributed by atoms with Gasteiger partial charge in [0.2, 0.25) is 0 Å². The van der Waals surface area contributed by atoms with Crippen LogP contribution in [-0.2, 0) is 6.42 Å². The summed E-state index contributed by atoms with van der Waals surface area (Å²) in [4.78, 5) is 6.44. The molecular formula is C38H46N2O3S. The Morgan fingerprint density at radius 1 is 0.750 bits per heavy atom. The summed E-state index contributed by atoms with van der Waals surface area (Å²) < 4.78 is 13.9. The molecule has 0 spiro atoms. The molecule has 1 N–H and O–H groups in total. The van der Waals surface area contributed by atoms with Crippen LogP contribution in [-0.4, -0.2) is 66.4 Å². The zero-order valence-electron chi connectivity index (χ0n) is 25.9. The number of hydrogen-bond donors (Lipinski definition) is 1. The number of piperidine rings is 1. The number of ether oxygens (including phenoxy) is 2. The lowest BCUT2D eigenvalue weighted by molar-refractivity contribution is 0.0261. The Morgan fingerprint density at radius 2 is 1.48 bits per heavy atom. The summed E-state index contributed by atoms with van der Waals surface area (Å²) in [6.45, 7) is 6.57. The van der Waals surface area contributed by atoms with E-state index in [1.165, 1.54) is 104 Å². The first-order valence-corrected chi connectivity index (χ1v) is 17.7. The summed E-state index contributed by atoms with van der Waals surface area (Å²) in [5, 5.41) is 11.4. The number of nitrogens with zero attached hydrogens (tertiary/aromatic N) is 2. The Labute approximate surface area is 266 Å². The first-order chi connectivity index (χ1) is 21.7. The zero-order chi connectivity index (χ0) is 29.7. The third kappa shape index (κ3) is 6.93. The maximum absolute atomic E-state index is 10.2. The van der Waals surface area contributed by atoms with Crippen LogP contribution in [0.5, 0.6) is 17.2 Å². The van der Waals surface area contributed by atoms with E-state index in [0.717, 1.165) is 42.2 Å². The number of hydrogen-bond acceptors (Lipinski definition) is 6. The van der Waals surface area contributed by atoms with E-state index < -0.39 is 0 Å². The van der Waals surface area contributed by atoms with Crippen molar-refractivity contribution in [2.45, 2.75) is 76.4 Å². The van der Waals surface area contributed by atoms with Crippen LogP contribution in [0.15, 0.2) is 66.7 Å². The molecule has 0 amide bonds. The Kier molecular flexibility index (Phi) is 9.38. The molecule has 3 fully saturated rings. The van der Waals surface area contributed by atoms with Crippen molar-refractivity contribution in [1.29, 1.82) is 0 Å². The van der Waals surface area contributed by atoms with E-state index in [0.29, 0.717) is 17.9 Å². The molecule has 3 heterocycles. The molecule has 1 aromatic heterocycles. The highest BCUT2D eigenvalue weighted by atomic mass is 32.1. The van der Waals surface area contributed by atoms with Crippen LogP contribution in [0.25, 0.3) is 20.5 Å². The maximum Gasteiger partial charge on any atom is 0.119 e. The topological polar surface area (TPSA) is 45.2 Å². The molecule has 0 unspecified atom stereocenters. The second-order valence-corrected chi connectivity index (χ2v) is 14.0. The van der Waals surface area contributed by atoms with Crippen molar-refractivity contribution in [2.75, 3.05) is 39.3 Å². The number of phenols is 1. The van der Waals surface area contributed by atoms with Gasteiger partial charge in [0.25, 0.3) is 0 Å². The standard InChI is InChI=1S/C38H46N2O3S/c41-30-14-19-33-34(38(44-37(33)27-30)29-12-17-31(18-13-29)42-25-24-39-20-6-7-21-39)26-28-10-15-32(16-11-28)43-36-9-3-2-8-35(36)40-22-4-1-5-23-40/h10-19,27,35-36,41H,1-9,20-26H2/t35-,36-/m1/s1. The van der Waals surface area contributed by atoms with Crippen LogP contribution in [0.2, 0.25) is 0 Å². The predicted molar refractivity (Wildman–Crippen MR) is 181 cm³/mol. The molecule has 1 aliphatic carbocycles. The molecule has 3 aliphatic rings. The van der Waals surface area contributed by atoms with Gasteiger partial charge in [-0.3, -0.25) is 9.80 Å². The lowest BCUT2D eigenvalue weighted by atomic mass is 9.90. The van der Waals surface area contributed by atoms with Gasteiger partial charge in [-0.2, -0.15) is 0 Å². The summed E-state index contributed by atoms with van der Waals surface area (Å²) >= 11 is 1.75. The quantitative estimate of drug-likeness (QED) is 0.195. The lowest BCUT2D eigenvalue weighted by Gasteiger charge is -2.41. The van der Waals surface area contributed by atoms with E-state index in [1.54, 1.807) is 17.4 Å². The number of benzene rings is 3. The summed E-state index contributed by atoms with van der Waals surface area (Å²) in [6.07, 6.45) is 12.8. The van der Waals surface area contributed by atoms with Gasteiger partial charge in [-0.15, -0.1) is 11.3 Å². The molecule has 2 atom stereocenters. The Morgan fingerprint density at radius 3 is 2.27 bits per heavy atom. The van der Waals surface area contributed by atoms with Crippen LogP contribution in [0.3, 0.4) is 0 Å². The van der Waals surface area contributed by atoms with Crippen molar-refractivity contribution < 1.29 is 14.6 Å². The fourth-order valence-corrected chi connectivity index (χ4v) is 8.76. The lowest BCUT2D eigenvalue weighted by Crippen LogP contribution is -2.49. The number of rotatable bonds is 10. The predicted octanol–water partition coefficient (Wildman–Crippen LogP) is 8.52. The highest BCUT2D eigenvalue weighted by Gasteiger charge is 2.32. The normalized spacial score (nSPS) is 21.5. The number of likely N-dealkylation sites (tertiary alicyclic amines) is 2. The van der Waals surface area contributed by atoms with Crippen LogP contribution < -0.4 is 9.47 Å². The number of fused-ring (bicyclic) bond motifs is 1. The molecule has 0 radical (unpaired) electrons. The Bertz CT molecular complexity index is 1500. The molecule has 7 rings (SSSR count). The summed E-state index contributed by atoms with van der Waals surface area (Å²) in [5.74, 6) is 2.22. The van der Waals surface area contributed by atoms with Crippen molar-refractivity contribution in [3.63, 3.8) is 0 Å². The summed E-state index contributed by atoms with van der Waals surface area (Å²) in [7, 11) is 0. The van der Waals surface area contributed by atoms with Gasteiger partial charge >= 0.3 is 0 Å². The van der Waals surface area contributed by atoms with E-state index in [4.69, 9.17) is 9.47 Å². The average molecular weight is 611 g/mol. The smallest absolute Gasteiger partial charge is 0.119 e. The van der Waals surface area contributed by atoms with Crippen molar-refractivity contribution in [3.8, 4) is 27.7 Å². The van der Waals surface area contributed by atoms with Gasteiger partial charge in [0.05, 0.1) is 0 Å². The van der Waals surface area contributed by atoms with Crippen molar-refractivity contribution >= 4 is 21.4 Å². The Balaban J connectivity index is 1.06. The zero-order valence-corrected chi connectivity index (χ0v) is 26.7. The van der Waals surface area contributed by atoms with E-state index in [9.17, 15) is 5.11 Å². The van der Waals surface area contributed by atoms with E-state index in [1.807, 2.05) is 6.07 Å². The minimum Gasteiger partial charge on any atom is -0.508 e. The fourth-order valence-electron chi connectivity index (χ4n) is 7.50. The molecule has 44 heavy (non-hydrogen) atoms. The largest absolute Gasteiger partial charge is 0.508 e. The van der Waals surface area contributed by atoms with E-state index in [2.05, 4.69) is 64.4 Å². The van der Waals surface area contributed by atoms with E-state index >= 15 is 0 Å². The first-order valence-electron chi connectivity index (χ1n) is 16.9. The minimum atomic E-state index is 0.292. The third-order valence-electron chi connectivity index (χ3n) is 9.89. The molecule has 1 saturated carbocycles. The molecule has 6 heteroatoms. The van der Waals surface area contributed by atoms with Crippen LogP contribution in [0.4, 0.5) is 0 Å². The fraction of sp³-hybridized carbons (Fsp3) is 0.474. The molecule has 232 valence electrons. The van der Waals surface area contributed by atoms with Gasteiger partial charge in [-0.1, -0.05) is 25.0 Å². The maximum atomic E-state index is 10.2. The third-order valence-corrected chi connectivity index (χ3v) is 11.1. The van der Waals surface area contributed by atoms with Crippen molar-refractivity contribution in [2.24, 2.45) is 0 Å². The van der Waals surface area contributed by atoms with Crippen LogP contribution in [0, 0.1) is 0 Å². The van der Waals surface area contributed by atoms with E-state index in [-0.39, 0.29) is 0 Å². The highest BCUT2D eigenvalue weighted by molar-refractivity contribution is 7.22. The minimum absolute atomic E-state index is 0.292. The molecule has 3 aromatic carbocycles. The van der Waals surface area contributed by atoms with Crippen molar-refractivity contribution in [3.05, 3.63) is 77.9 Å². The van der Waals surface area contributed by atoms with Gasteiger partial charge in [-0.25, -0.2) is 0 Å². The molecular weight excluding hydrogens is 564 g/mol. The molecule has 2 saturated heterocycles. The second-order valence-electron chi connectivity index (χ2n) is 12.9. The number of aromatic hydroxyl groups is 1. The SMILES string of the molecule is Oc1ccc2c(Cc3ccc(O[C@@H]4CCCC[C@H]4N4CCCCC4)cc3)c(-c3ccc(OCCN4CCCC4)cc3)sc2c1. The van der Waals surface area contributed by atoms with Crippen LogP contribution in [0.1, 0.15) is 68.9 Å². The van der Waals surface area contributed by atoms with Crippen molar-refractivity contribution in [1.82, 2.24) is 9.80 Å². The molecule has 4 aromatic rings. The Hall–Kier alpha value is -3.06. The van der Waals surface area contributed by atoms with Gasteiger partial charge in [0.1, 0.15) is 30.0 Å². The molecule has 5 nitrogen and oxygen atoms in total. The number of phenolic OH excluding ortho intramolecular Hbond substituents is 1. The van der Waals surface area contributed by atoms with Gasteiger partial charge in [0.15, 0.2) is 0 Å². The average Bonchev–Trinajstić information content (AvgIpc) is 3.71. The first kappa shape index (κ1) is 29.6. The molecule has 0 bridgehead atoms. The summed E-state index contributed by atoms with van der Waals surface area (Å²) in [5.41, 5.74) is 3.76. The molecule has 2 aliphatic heterocycles. The van der Waals surface area contributed by atoms with Gasteiger partial charge < -0.3 is 14.6 Å². The van der Waals surface area contributed by atoms with Crippen LogP contribution >= 0.6 is 11.3 Å². The monoisotopic (exact) mass is 610 g/mol. The summed E-state index contributed by atoms with van der Waals surface area (Å²) in [6, 6.07) is 23.7. The highest BCUT2D eigenvalue weighted by Crippen LogP contribution is 2.41. The number of thiophene rings is 1. The second kappa shape index (κ2) is 13.9. The van der Waals surface area contributed by atoms with Gasteiger partial charge in [-0.05, 0) is 154 Å². The van der Waals surface area contributed by atoms with Gasteiger partial charge in [0, 0.05) is 22.2 Å².